The highest BCUT2D eigenvalue weighted by molar-refractivity contribution is 5.34. The van der Waals surface area contributed by atoms with Crippen molar-refractivity contribution in [1.82, 2.24) is 5.32 Å². The summed E-state index contributed by atoms with van der Waals surface area (Å²) >= 11 is 0. The summed E-state index contributed by atoms with van der Waals surface area (Å²) in [6, 6.07) is 6.34. The second-order valence-corrected chi connectivity index (χ2v) is 3.95. The molecule has 2 N–H and O–H groups in total. The summed E-state index contributed by atoms with van der Waals surface area (Å²) in [4.78, 5) is 0. The molecule has 1 heterocycles. The van der Waals surface area contributed by atoms with Gasteiger partial charge in [0.15, 0.2) is 0 Å². The van der Waals surface area contributed by atoms with Gasteiger partial charge in [0.2, 0.25) is 0 Å². The first kappa shape index (κ1) is 9.69. The van der Waals surface area contributed by atoms with E-state index in [1.54, 1.807) is 0 Å². The lowest BCUT2D eigenvalue weighted by Crippen LogP contribution is -2.16. The minimum Gasteiger partial charge on any atom is -0.389 e. The summed E-state index contributed by atoms with van der Waals surface area (Å²) in [6.45, 7) is 3.94. The van der Waals surface area contributed by atoms with Crippen molar-refractivity contribution in [3.8, 4) is 0 Å². The van der Waals surface area contributed by atoms with Crippen LogP contribution in [0.25, 0.3) is 0 Å². The van der Waals surface area contributed by atoms with Crippen molar-refractivity contribution in [3.63, 3.8) is 0 Å². The van der Waals surface area contributed by atoms with Gasteiger partial charge in [-0.2, -0.15) is 0 Å². The summed E-state index contributed by atoms with van der Waals surface area (Å²) in [5.74, 6) is 0. The first-order valence-corrected chi connectivity index (χ1v) is 5.28. The molecule has 1 unspecified atom stereocenters. The van der Waals surface area contributed by atoms with Gasteiger partial charge < -0.3 is 10.4 Å². The van der Waals surface area contributed by atoms with Gasteiger partial charge in [-0.25, -0.2) is 0 Å². The average molecular weight is 191 g/mol. The Morgan fingerprint density at radius 1 is 1.21 bits per heavy atom. The lowest BCUT2D eigenvalue weighted by atomic mass is 9.98. The van der Waals surface area contributed by atoms with E-state index in [4.69, 9.17) is 0 Å². The Hall–Kier alpha value is -0.860. The molecule has 0 bridgehead atoms. The van der Waals surface area contributed by atoms with Crippen molar-refractivity contribution in [2.75, 3.05) is 13.1 Å². The van der Waals surface area contributed by atoms with Gasteiger partial charge in [-0.1, -0.05) is 18.2 Å². The van der Waals surface area contributed by atoms with Crippen LogP contribution in [0.2, 0.25) is 0 Å². The molecule has 0 aliphatic carbocycles. The molecule has 0 radical (unpaired) electrons. The van der Waals surface area contributed by atoms with Crippen molar-refractivity contribution in [1.29, 1.82) is 0 Å². The Balaban J connectivity index is 2.32. The van der Waals surface area contributed by atoms with E-state index in [9.17, 15) is 5.11 Å². The van der Waals surface area contributed by atoms with Crippen LogP contribution in [0.3, 0.4) is 0 Å². The number of benzene rings is 1. The second kappa shape index (κ2) is 4.11. The predicted octanol–water partition coefficient (Wildman–Crippen LogP) is 1.43. The summed E-state index contributed by atoms with van der Waals surface area (Å²) in [6.07, 6.45) is 1.84. The Kier molecular flexibility index (Phi) is 2.85. The fourth-order valence-electron chi connectivity index (χ4n) is 1.95. The molecule has 14 heavy (non-hydrogen) atoms. The van der Waals surface area contributed by atoms with Crippen LogP contribution in [0.1, 0.15) is 29.7 Å². The Bertz CT molecular complexity index is 320. The van der Waals surface area contributed by atoms with Gasteiger partial charge in [-0.05, 0) is 49.5 Å². The Morgan fingerprint density at radius 2 is 1.93 bits per heavy atom. The van der Waals surface area contributed by atoms with Crippen molar-refractivity contribution < 1.29 is 5.11 Å². The number of rotatable bonds is 1. The summed E-state index contributed by atoms with van der Waals surface area (Å²) in [5, 5.41) is 12.9. The third-order valence-electron chi connectivity index (χ3n) is 2.85. The van der Waals surface area contributed by atoms with E-state index in [0.717, 1.165) is 31.5 Å². The molecule has 0 fully saturated rings. The molecular weight excluding hydrogens is 174 g/mol. The maximum Gasteiger partial charge on any atom is 0.0762 e. The van der Waals surface area contributed by atoms with Gasteiger partial charge >= 0.3 is 0 Å². The van der Waals surface area contributed by atoms with Crippen LogP contribution in [-0.4, -0.2) is 18.2 Å². The first-order valence-electron chi connectivity index (χ1n) is 5.28. The van der Waals surface area contributed by atoms with Crippen LogP contribution >= 0.6 is 0 Å². The maximum absolute atomic E-state index is 9.48. The highest BCUT2D eigenvalue weighted by Gasteiger charge is 2.09. The SMILES string of the molecule is CC(O)c1ccc2c(c1)CCNCC2. The lowest BCUT2D eigenvalue weighted by Gasteiger charge is -2.10. The molecule has 0 saturated heterocycles. The van der Waals surface area contributed by atoms with Gasteiger partial charge in [0.1, 0.15) is 0 Å². The predicted molar refractivity (Wildman–Crippen MR) is 57.4 cm³/mol. The minimum atomic E-state index is -0.350. The highest BCUT2D eigenvalue weighted by Crippen LogP contribution is 2.19. The molecule has 2 heteroatoms. The Labute approximate surface area is 85.0 Å². The largest absolute Gasteiger partial charge is 0.389 e. The van der Waals surface area contributed by atoms with Gasteiger partial charge in [-0.3, -0.25) is 0 Å². The number of aliphatic hydroxyl groups is 1. The van der Waals surface area contributed by atoms with Crippen LogP contribution in [0.4, 0.5) is 0 Å². The molecule has 2 rings (SSSR count). The van der Waals surface area contributed by atoms with E-state index in [1.165, 1.54) is 11.1 Å². The van der Waals surface area contributed by atoms with E-state index >= 15 is 0 Å². The third-order valence-corrected chi connectivity index (χ3v) is 2.85. The van der Waals surface area contributed by atoms with E-state index in [1.807, 2.05) is 13.0 Å². The van der Waals surface area contributed by atoms with Crippen molar-refractivity contribution in [2.24, 2.45) is 0 Å². The smallest absolute Gasteiger partial charge is 0.0762 e. The molecular formula is C12H17NO. The van der Waals surface area contributed by atoms with Crippen molar-refractivity contribution >= 4 is 0 Å². The molecule has 1 aromatic carbocycles. The van der Waals surface area contributed by atoms with Crippen LogP contribution < -0.4 is 5.32 Å². The van der Waals surface area contributed by atoms with Crippen molar-refractivity contribution in [3.05, 3.63) is 34.9 Å². The zero-order valence-corrected chi connectivity index (χ0v) is 8.59. The van der Waals surface area contributed by atoms with Gasteiger partial charge in [0.25, 0.3) is 0 Å². The lowest BCUT2D eigenvalue weighted by molar-refractivity contribution is 0.199. The average Bonchev–Trinajstić information content (AvgIpc) is 2.41. The molecule has 1 aliphatic rings. The molecule has 1 aliphatic heterocycles. The Morgan fingerprint density at radius 3 is 2.64 bits per heavy atom. The van der Waals surface area contributed by atoms with Crippen LogP contribution in [0.15, 0.2) is 18.2 Å². The number of fused-ring (bicyclic) bond motifs is 1. The molecule has 0 spiro atoms. The molecule has 0 aromatic heterocycles. The minimum absolute atomic E-state index is 0.350. The third kappa shape index (κ3) is 1.97. The molecule has 1 aromatic rings. The number of nitrogens with one attached hydrogen (secondary N) is 1. The molecule has 1 atom stereocenters. The normalized spacial score (nSPS) is 18.4. The first-order chi connectivity index (χ1) is 6.77. The monoisotopic (exact) mass is 191 g/mol. The van der Waals surface area contributed by atoms with Crippen LogP contribution in [0, 0.1) is 0 Å². The van der Waals surface area contributed by atoms with Crippen molar-refractivity contribution in [2.45, 2.75) is 25.9 Å². The number of hydrogen-bond acceptors (Lipinski definition) is 2. The zero-order valence-electron chi connectivity index (χ0n) is 8.59. The number of hydrogen-bond donors (Lipinski definition) is 2. The van der Waals surface area contributed by atoms with Crippen LogP contribution in [0.5, 0.6) is 0 Å². The second-order valence-electron chi connectivity index (χ2n) is 3.95. The highest BCUT2D eigenvalue weighted by atomic mass is 16.3. The summed E-state index contributed by atoms with van der Waals surface area (Å²) in [5.41, 5.74) is 3.86. The molecule has 0 amide bonds. The van der Waals surface area contributed by atoms with E-state index in [2.05, 4.69) is 17.4 Å². The topological polar surface area (TPSA) is 32.3 Å². The van der Waals surface area contributed by atoms with Gasteiger partial charge in [0.05, 0.1) is 6.10 Å². The number of aliphatic hydroxyl groups excluding tert-OH is 1. The van der Waals surface area contributed by atoms with E-state index < -0.39 is 0 Å². The zero-order chi connectivity index (χ0) is 9.97. The van der Waals surface area contributed by atoms with E-state index in [-0.39, 0.29) is 6.10 Å². The molecule has 0 saturated carbocycles. The van der Waals surface area contributed by atoms with Crippen LogP contribution in [-0.2, 0) is 12.8 Å². The fraction of sp³-hybridized carbons (Fsp3) is 0.500. The summed E-state index contributed by atoms with van der Waals surface area (Å²) in [7, 11) is 0. The van der Waals surface area contributed by atoms with Gasteiger partial charge in [0, 0.05) is 0 Å². The summed E-state index contributed by atoms with van der Waals surface area (Å²) < 4.78 is 0. The quantitative estimate of drug-likeness (QED) is 0.704. The molecule has 76 valence electrons. The standard InChI is InChI=1S/C12H17NO/c1-9(14)11-3-2-10-4-6-13-7-5-12(10)8-11/h2-3,8-9,13-14H,4-7H2,1H3. The van der Waals surface area contributed by atoms with Gasteiger partial charge in [-0.15, -0.1) is 0 Å². The van der Waals surface area contributed by atoms with E-state index in [0.29, 0.717) is 0 Å². The maximum atomic E-state index is 9.48. The molecule has 2 nitrogen and oxygen atoms in total. The fourth-order valence-corrected chi connectivity index (χ4v) is 1.95.